The van der Waals surface area contributed by atoms with E-state index in [1.165, 1.54) is 22.5 Å². The Kier molecular flexibility index (Phi) is 8.52. The Morgan fingerprint density at radius 3 is 2.53 bits per heavy atom. The number of anilines is 1. The zero-order chi connectivity index (χ0) is 25.5. The van der Waals surface area contributed by atoms with E-state index in [-0.39, 0.29) is 42.1 Å². The number of pyridine rings is 1. The van der Waals surface area contributed by atoms with Crippen LogP contribution in [-0.4, -0.2) is 80.2 Å². The number of nitrogens with one attached hydrogen (secondary N) is 1. The molecule has 1 N–H and O–H groups in total. The molecule has 1 atom stereocenters. The second-order valence-corrected chi connectivity index (χ2v) is 11.0. The number of rotatable bonds is 4. The van der Waals surface area contributed by atoms with Crippen molar-refractivity contribution in [3.63, 3.8) is 0 Å². The average Bonchev–Trinajstić information content (AvgIpc) is 2.93. The van der Waals surface area contributed by atoms with Gasteiger partial charge in [-0.05, 0) is 49.6 Å². The van der Waals surface area contributed by atoms with Crippen molar-refractivity contribution in [1.29, 1.82) is 0 Å². The van der Waals surface area contributed by atoms with Crippen LogP contribution in [0.1, 0.15) is 25.7 Å². The third kappa shape index (κ3) is 6.38. The van der Waals surface area contributed by atoms with E-state index in [4.69, 9.17) is 0 Å². The van der Waals surface area contributed by atoms with Crippen molar-refractivity contribution >= 4 is 27.7 Å². The third-order valence-corrected chi connectivity index (χ3v) is 8.61. The Balaban J connectivity index is 1.41. The summed E-state index contributed by atoms with van der Waals surface area (Å²) in [5.41, 5.74) is 0. The predicted octanol–water partition coefficient (Wildman–Crippen LogP) is 1.87. The molecule has 2 aliphatic heterocycles. The maximum absolute atomic E-state index is 13.7. The van der Waals surface area contributed by atoms with Crippen molar-refractivity contribution in [3.05, 3.63) is 54.5 Å². The number of aromatic nitrogens is 1. The van der Waals surface area contributed by atoms with Gasteiger partial charge in [0.2, 0.25) is 21.8 Å². The molecule has 2 saturated heterocycles. The average molecular weight is 518 g/mol. The Hall–Kier alpha value is -3.05. The van der Waals surface area contributed by atoms with Gasteiger partial charge in [0.05, 0.1) is 4.90 Å². The molecule has 0 saturated carbocycles. The van der Waals surface area contributed by atoms with Crippen LogP contribution in [0.5, 0.6) is 0 Å². The fourth-order valence-electron chi connectivity index (χ4n) is 4.69. The van der Waals surface area contributed by atoms with Crippen LogP contribution in [0.25, 0.3) is 0 Å². The van der Waals surface area contributed by atoms with E-state index in [1.54, 1.807) is 6.20 Å². The Labute approximate surface area is 211 Å². The number of carbonyl (C=O) groups excluding carboxylic acids is 2. The lowest BCUT2D eigenvalue weighted by atomic mass is 9.97. The van der Waals surface area contributed by atoms with E-state index in [9.17, 15) is 22.4 Å². The number of carbonyl (C=O) groups is 2. The molecule has 1 aromatic heterocycles. The van der Waals surface area contributed by atoms with Gasteiger partial charge in [-0.1, -0.05) is 12.1 Å². The van der Waals surface area contributed by atoms with Crippen molar-refractivity contribution in [2.24, 2.45) is 5.92 Å². The highest BCUT2D eigenvalue weighted by molar-refractivity contribution is 7.89. The van der Waals surface area contributed by atoms with Crippen LogP contribution in [0.15, 0.2) is 53.6 Å². The van der Waals surface area contributed by atoms with E-state index in [0.29, 0.717) is 52.0 Å². The Morgan fingerprint density at radius 2 is 1.81 bits per heavy atom. The molecule has 1 unspecified atom stereocenters. The first-order chi connectivity index (χ1) is 17.3. The zero-order valence-corrected chi connectivity index (χ0v) is 21.0. The normalized spacial score (nSPS) is 20.9. The molecule has 2 fully saturated rings. The Morgan fingerprint density at radius 1 is 1.00 bits per heavy atom. The van der Waals surface area contributed by atoms with Crippen molar-refractivity contribution in [2.45, 2.75) is 30.6 Å². The molecule has 0 spiro atoms. The third-order valence-electron chi connectivity index (χ3n) is 6.71. The second kappa shape index (κ2) is 11.8. The molecule has 3 heterocycles. The molecule has 1 aromatic carbocycles. The summed E-state index contributed by atoms with van der Waals surface area (Å²) in [6.45, 7) is 3.05. The molecule has 36 heavy (non-hydrogen) atoms. The summed E-state index contributed by atoms with van der Waals surface area (Å²) in [7, 11) is -3.97. The second-order valence-electron chi connectivity index (χ2n) is 9.09. The van der Waals surface area contributed by atoms with Crippen molar-refractivity contribution < 1.29 is 22.4 Å². The zero-order valence-electron chi connectivity index (χ0n) is 20.2. The largest absolute Gasteiger partial charge is 0.356 e. The molecule has 11 heteroatoms. The van der Waals surface area contributed by atoms with Crippen LogP contribution in [0.3, 0.4) is 0 Å². The summed E-state index contributed by atoms with van der Waals surface area (Å²) in [6.07, 6.45) is 3.23. The SMILES string of the molecule is O=C1CCN(S(=O)(=O)c2cccc(F)c2)CCCC(C(=O)N2CCN(c3ccccn3)CC2)CCN1. The molecular weight excluding hydrogens is 485 g/mol. The van der Waals surface area contributed by atoms with E-state index in [1.807, 2.05) is 23.1 Å². The maximum Gasteiger partial charge on any atom is 0.243 e. The number of hydrogen-bond acceptors (Lipinski definition) is 6. The minimum Gasteiger partial charge on any atom is -0.356 e. The van der Waals surface area contributed by atoms with Crippen LogP contribution in [0.2, 0.25) is 0 Å². The molecule has 2 aromatic rings. The highest BCUT2D eigenvalue weighted by Gasteiger charge is 2.30. The van der Waals surface area contributed by atoms with Gasteiger partial charge in [0.25, 0.3) is 0 Å². The molecule has 0 bridgehead atoms. The highest BCUT2D eigenvalue weighted by atomic mass is 32.2. The smallest absolute Gasteiger partial charge is 0.243 e. The summed E-state index contributed by atoms with van der Waals surface area (Å²) >= 11 is 0. The number of nitrogens with zero attached hydrogens (tertiary/aromatic N) is 4. The summed E-state index contributed by atoms with van der Waals surface area (Å²) in [5, 5.41) is 2.81. The van der Waals surface area contributed by atoms with Gasteiger partial charge in [-0.15, -0.1) is 0 Å². The number of amides is 2. The monoisotopic (exact) mass is 517 g/mol. The molecule has 2 aliphatic rings. The van der Waals surface area contributed by atoms with Crippen molar-refractivity contribution in [3.8, 4) is 0 Å². The first-order valence-corrected chi connectivity index (χ1v) is 13.8. The fourth-order valence-corrected chi connectivity index (χ4v) is 6.20. The van der Waals surface area contributed by atoms with Crippen LogP contribution in [0.4, 0.5) is 10.2 Å². The lowest BCUT2D eigenvalue weighted by Crippen LogP contribution is -2.51. The quantitative estimate of drug-likeness (QED) is 0.664. The molecule has 0 radical (unpaired) electrons. The number of benzene rings is 1. The molecule has 2 amide bonds. The molecule has 9 nitrogen and oxygen atoms in total. The van der Waals surface area contributed by atoms with Gasteiger partial charge in [-0.25, -0.2) is 17.8 Å². The van der Waals surface area contributed by atoms with E-state index in [0.717, 1.165) is 11.9 Å². The molecule has 194 valence electrons. The van der Waals surface area contributed by atoms with Gasteiger partial charge >= 0.3 is 0 Å². The van der Waals surface area contributed by atoms with Crippen LogP contribution in [-0.2, 0) is 19.6 Å². The highest BCUT2D eigenvalue weighted by Crippen LogP contribution is 2.22. The van der Waals surface area contributed by atoms with Crippen LogP contribution >= 0.6 is 0 Å². The van der Waals surface area contributed by atoms with Crippen LogP contribution < -0.4 is 10.2 Å². The first-order valence-electron chi connectivity index (χ1n) is 12.3. The number of hydrogen-bond donors (Lipinski definition) is 1. The summed E-state index contributed by atoms with van der Waals surface area (Å²) in [6, 6.07) is 10.6. The number of piperazine rings is 1. The minimum absolute atomic E-state index is 0.00122. The lowest BCUT2D eigenvalue weighted by molar-refractivity contribution is -0.136. The van der Waals surface area contributed by atoms with Gasteiger partial charge in [-0.3, -0.25) is 9.59 Å². The number of halogens is 1. The maximum atomic E-state index is 13.7. The molecule has 0 aliphatic carbocycles. The minimum atomic E-state index is -3.97. The lowest BCUT2D eigenvalue weighted by Gasteiger charge is -2.37. The standard InChI is InChI=1S/C25H32FN5O4S/c26-21-6-3-7-22(19-21)36(34,35)31-13-4-5-20(9-12-28-24(32)10-14-31)25(33)30-17-15-29(16-18-30)23-8-1-2-11-27-23/h1-3,6-8,11,19-20H,4-5,9-10,12-18H2,(H,28,32). The molecular formula is C25H32FN5O4S. The van der Waals surface area contributed by atoms with Crippen LogP contribution in [0, 0.1) is 11.7 Å². The Bertz CT molecular complexity index is 1160. The van der Waals surface area contributed by atoms with E-state index >= 15 is 0 Å². The molecule has 4 rings (SSSR count). The van der Waals surface area contributed by atoms with Gasteiger partial charge in [0.15, 0.2) is 0 Å². The first kappa shape index (κ1) is 26.0. The van der Waals surface area contributed by atoms with Gasteiger partial charge in [0, 0.05) is 64.3 Å². The topological polar surface area (TPSA) is 103 Å². The van der Waals surface area contributed by atoms with Crippen molar-refractivity contribution in [1.82, 2.24) is 19.5 Å². The number of sulfonamides is 1. The van der Waals surface area contributed by atoms with Crippen molar-refractivity contribution in [2.75, 3.05) is 50.7 Å². The van der Waals surface area contributed by atoms with E-state index < -0.39 is 15.8 Å². The van der Waals surface area contributed by atoms with Gasteiger partial charge < -0.3 is 15.1 Å². The fraction of sp³-hybridized carbons (Fsp3) is 0.480. The summed E-state index contributed by atoms with van der Waals surface area (Å²) in [5.74, 6) is -0.305. The summed E-state index contributed by atoms with van der Waals surface area (Å²) in [4.78, 5) is 33.9. The van der Waals surface area contributed by atoms with Gasteiger partial charge in [0.1, 0.15) is 11.6 Å². The van der Waals surface area contributed by atoms with Gasteiger partial charge in [-0.2, -0.15) is 4.31 Å². The summed E-state index contributed by atoms with van der Waals surface area (Å²) < 4.78 is 41.2. The predicted molar refractivity (Wildman–Crippen MR) is 133 cm³/mol. The van der Waals surface area contributed by atoms with E-state index in [2.05, 4.69) is 15.2 Å².